The molecular weight excluding hydrogens is 288 g/mol. The third-order valence-electron chi connectivity index (χ3n) is 2.92. The van der Waals surface area contributed by atoms with Crippen LogP contribution in [0, 0.1) is 0 Å². The molecular formula is C16H15ClN2O2. The van der Waals surface area contributed by atoms with Crippen molar-refractivity contribution in [3.8, 4) is 5.75 Å². The van der Waals surface area contributed by atoms with Gasteiger partial charge in [-0.3, -0.25) is 4.79 Å². The second-order valence-corrected chi connectivity index (χ2v) is 4.81. The van der Waals surface area contributed by atoms with Gasteiger partial charge in [0.1, 0.15) is 5.75 Å². The monoisotopic (exact) mass is 302 g/mol. The van der Waals surface area contributed by atoms with Gasteiger partial charge < -0.3 is 4.74 Å². The molecule has 21 heavy (non-hydrogen) atoms. The molecule has 0 bridgehead atoms. The van der Waals surface area contributed by atoms with E-state index in [1.54, 1.807) is 43.5 Å². The van der Waals surface area contributed by atoms with Gasteiger partial charge in [0.05, 0.1) is 12.8 Å². The lowest BCUT2D eigenvalue weighted by atomic mass is 10.1. The topological polar surface area (TPSA) is 50.7 Å². The predicted molar refractivity (Wildman–Crippen MR) is 84.1 cm³/mol. The normalized spacial score (nSPS) is 11.1. The van der Waals surface area contributed by atoms with Gasteiger partial charge in [-0.1, -0.05) is 29.8 Å². The molecule has 0 radical (unpaired) electrons. The molecule has 0 atom stereocenters. The fraction of sp³-hybridized carbons (Fsp3) is 0.125. The maximum atomic E-state index is 12.0. The number of hydrogen-bond donors (Lipinski definition) is 1. The quantitative estimate of drug-likeness (QED) is 0.694. The van der Waals surface area contributed by atoms with Crippen molar-refractivity contribution in [2.75, 3.05) is 7.11 Å². The number of methoxy groups -OCH3 is 1. The van der Waals surface area contributed by atoms with Crippen molar-refractivity contribution in [1.82, 2.24) is 5.43 Å². The Bertz CT molecular complexity index is 666. The SMILES string of the molecule is COc1cccc(C(=O)N/N=C(/C)c2ccc(Cl)cc2)c1. The first-order chi connectivity index (χ1) is 10.1. The van der Waals surface area contributed by atoms with Gasteiger partial charge in [-0.05, 0) is 42.8 Å². The number of amides is 1. The van der Waals surface area contributed by atoms with E-state index in [2.05, 4.69) is 10.5 Å². The van der Waals surface area contributed by atoms with Gasteiger partial charge in [-0.2, -0.15) is 5.10 Å². The highest BCUT2D eigenvalue weighted by Crippen LogP contribution is 2.13. The fourth-order valence-electron chi connectivity index (χ4n) is 1.72. The predicted octanol–water partition coefficient (Wildman–Crippen LogP) is 3.50. The van der Waals surface area contributed by atoms with E-state index in [1.807, 2.05) is 19.1 Å². The largest absolute Gasteiger partial charge is 0.497 e. The molecule has 2 aromatic carbocycles. The number of rotatable bonds is 4. The minimum atomic E-state index is -0.290. The molecule has 0 heterocycles. The van der Waals surface area contributed by atoms with Crippen molar-refractivity contribution >= 4 is 23.2 Å². The maximum absolute atomic E-state index is 12.0. The Kier molecular flexibility index (Phi) is 4.95. The summed E-state index contributed by atoms with van der Waals surface area (Å²) < 4.78 is 5.08. The molecule has 0 aliphatic rings. The molecule has 5 heteroatoms. The summed E-state index contributed by atoms with van der Waals surface area (Å²) in [5.74, 6) is 0.336. The smallest absolute Gasteiger partial charge is 0.271 e. The van der Waals surface area contributed by atoms with Gasteiger partial charge >= 0.3 is 0 Å². The number of nitrogens with zero attached hydrogens (tertiary/aromatic N) is 1. The molecule has 0 fully saturated rings. The van der Waals surface area contributed by atoms with Crippen molar-refractivity contribution in [1.29, 1.82) is 0 Å². The first kappa shape index (κ1) is 15.1. The lowest BCUT2D eigenvalue weighted by molar-refractivity contribution is 0.0954. The van der Waals surface area contributed by atoms with Gasteiger partial charge in [0.15, 0.2) is 0 Å². The molecule has 2 aromatic rings. The Morgan fingerprint density at radius 3 is 2.52 bits per heavy atom. The zero-order chi connectivity index (χ0) is 15.2. The van der Waals surface area contributed by atoms with Crippen LogP contribution in [-0.2, 0) is 0 Å². The number of ether oxygens (including phenoxy) is 1. The van der Waals surface area contributed by atoms with E-state index in [0.29, 0.717) is 22.0 Å². The number of nitrogens with one attached hydrogen (secondary N) is 1. The maximum Gasteiger partial charge on any atom is 0.271 e. The molecule has 1 amide bonds. The van der Waals surface area contributed by atoms with E-state index in [0.717, 1.165) is 5.56 Å². The number of benzene rings is 2. The van der Waals surface area contributed by atoms with Crippen molar-refractivity contribution in [3.05, 3.63) is 64.7 Å². The first-order valence-electron chi connectivity index (χ1n) is 6.35. The summed E-state index contributed by atoms with van der Waals surface area (Å²) in [6, 6.07) is 14.1. The summed E-state index contributed by atoms with van der Waals surface area (Å²) in [5, 5.41) is 4.75. The van der Waals surface area contributed by atoms with Crippen LogP contribution in [0.1, 0.15) is 22.8 Å². The first-order valence-corrected chi connectivity index (χ1v) is 6.72. The molecule has 108 valence electrons. The van der Waals surface area contributed by atoms with Crippen LogP contribution in [-0.4, -0.2) is 18.7 Å². The molecule has 2 rings (SSSR count). The number of carbonyl (C=O) groups is 1. The molecule has 0 aromatic heterocycles. The lowest BCUT2D eigenvalue weighted by Gasteiger charge is -2.05. The van der Waals surface area contributed by atoms with Crippen LogP contribution in [0.4, 0.5) is 0 Å². The van der Waals surface area contributed by atoms with Crippen molar-refractivity contribution in [2.24, 2.45) is 5.10 Å². The summed E-state index contributed by atoms with van der Waals surface area (Å²) in [6.07, 6.45) is 0. The molecule has 0 aliphatic heterocycles. The van der Waals surface area contributed by atoms with Gasteiger partial charge in [0.2, 0.25) is 0 Å². The Morgan fingerprint density at radius 1 is 1.14 bits per heavy atom. The Hall–Kier alpha value is -2.33. The second kappa shape index (κ2) is 6.90. The third kappa shape index (κ3) is 4.07. The highest BCUT2D eigenvalue weighted by molar-refractivity contribution is 6.30. The Balaban J connectivity index is 2.08. The molecule has 0 saturated carbocycles. The van der Waals surface area contributed by atoms with Crippen molar-refractivity contribution in [2.45, 2.75) is 6.92 Å². The van der Waals surface area contributed by atoms with Crippen molar-refractivity contribution < 1.29 is 9.53 Å². The highest BCUT2D eigenvalue weighted by atomic mass is 35.5. The van der Waals surface area contributed by atoms with Crippen LogP contribution in [0.2, 0.25) is 5.02 Å². The zero-order valence-corrected chi connectivity index (χ0v) is 12.5. The second-order valence-electron chi connectivity index (χ2n) is 4.38. The Morgan fingerprint density at radius 2 is 1.86 bits per heavy atom. The van der Waals surface area contributed by atoms with Crippen LogP contribution in [0.15, 0.2) is 53.6 Å². The van der Waals surface area contributed by atoms with Gasteiger partial charge in [-0.15, -0.1) is 0 Å². The minimum Gasteiger partial charge on any atom is -0.497 e. The van der Waals surface area contributed by atoms with E-state index in [-0.39, 0.29) is 5.91 Å². The van der Waals surface area contributed by atoms with Crippen LogP contribution < -0.4 is 10.2 Å². The van der Waals surface area contributed by atoms with E-state index in [4.69, 9.17) is 16.3 Å². The minimum absolute atomic E-state index is 0.290. The zero-order valence-electron chi connectivity index (χ0n) is 11.8. The Labute approximate surface area is 128 Å². The van der Waals surface area contributed by atoms with E-state index >= 15 is 0 Å². The average molecular weight is 303 g/mol. The average Bonchev–Trinajstić information content (AvgIpc) is 2.53. The summed E-state index contributed by atoms with van der Waals surface area (Å²) >= 11 is 5.83. The standard InChI is InChI=1S/C16H15ClN2O2/c1-11(12-6-8-14(17)9-7-12)18-19-16(20)13-4-3-5-15(10-13)21-2/h3-10H,1-2H3,(H,19,20)/b18-11-. The summed E-state index contributed by atoms with van der Waals surface area (Å²) in [6.45, 7) is 1.81. The molecule has 0 spiro atoms. The third-order valence-corrected chi connectivity index (χ3v) is 3.17. The van der Waals surface area contributed by atoms with E-state index < -0.39 is 0 Å². The molecule has 0 saturated heterocycles. The van der Waals surface area contributed by atoms with Gasteiger partial charge in [-0.25, -0.2) is 5.43 Å². The summed E-state index contributed by atoms with van der Waals surface area (Å²) in [4.78, 5) is 12.0. The van der Waals surface area contributed by atoms with Crippen molar-refractivity contribution in [3.63, 3.8) is 0 Å². The van der Waals surface area contributed by atoms with Crippen LogP contribution in [0.5, 0.6) is 5.75 Å². The summed E-state index contributed by atoms with van der Waals surface area (Å²) in [7, 11) is 1.56. The summed E-state index contributed by atoms with van der Waals surface area (Å²) in [5.41, 5.74) is 4.60. The van der Waals surface area contributed by atoms with Crippen LogP contribution >= 0.6 is 11.6 Å². The van der Waals surface area contributed by atoms with Gasteiger partial charge in [0.25, 0.3) is 5.91 Å². The number of carbonyl (C=O) groups excluding carboxylic acids is 1. The van der Waals surface area contributed by atoms with E-state index in [1.165, 1.54) is 0 Å². The molecule has 4 nitrogen and oxygen atoms in total. The van der Waals surface area contributed by atoms with E-state index in [9.17, 15) is 4.79 Å². The molecule has 1 N–H and O–H groups in total. The molecule has 0 unspecified atom stereocenters. The van der Waals surface area contributed by atoms with Crippen LogP contribution in [0.3, 0.4) is 0 Å². The molecule has 0 aliphatic carbocycles. The van der Waals surface area contributed by atoms with Gasteiger partial charge in [0, 0.05) is 10.6 Å². The number of hydrazone groups is 1. The fourth-order valence-corrected chi connectivity index (χ4v) is 1.85. The highest BCUT2D eigenvalue weighted by Gasteiger charge is 2.06. The lowest BCUT2D eigenvalue weighted by Crippen LogP contribution is -2.19. The van der Waals surface area contributed by atoms with Crippen LogP contribution in [0.25, 0.3) is 0 Å². The number of halogens is 1. The number of hydrogen-bond acceptors (Lipinski definition) is 3.